The van der Waals surface area contributed by atoms with Crippen LogP contribution in [0.1, 0.15) is 12.0 Å². The number of hydrogen-bond acceptors (Lipinski definition) is 4. The molecule has 1 fully saturated rings. The largest absolute Gasteiger partial charge is 0.497 e. The second-order valence-corrected chi connectivity index (χ2v) is 7.17. The maximum Gasteiger partial charge on any atom is 0.248 e. The third kappa shape index (κ3) is 3.71. The Kier molecular flexibility index (Phi) is 4.80. The van der Waals surface area contributed by atoms with Crippen LogP contribution in [0.4, 0.5) is 11.4 Å². The summed E-state index contributed by atoms with van der Waals surface area (Å²) in [5.74, 6) is -0.0476. The standard InChI is InChI=1S/C22H21N3O4/c1-13-9-20(26)24-19-11-15(3-8-18(13)19)23-22(28)14-10-21(27)25(12-14)16-4-6-17(29-2)7-5-16/h3-9,11,14H,10,12H2,1-2H3,(H,23,28)(H,24,26). The van der Waals surface area contributed by atoms with E-state index in [2.05, 4.69) is 10.3 Å². The van der Waals surface area contributed by atoms with Crippen molar-refractivity contribution >= 4 is 34.1 Å². The van der Waals surface area contributed by atoms with E-state index >= 15 is 0 Å². The number of nitrogens with one attached hydrogen (secondary N) is 2. The SMILES string of the molecule is COc1ccc(N2CC(C(=O)Nc3ccc4c(C)cc(=O)[nH]c4c3)CC2=O)cc1. The molecular formula is C22H21N3O4. The van der Waals surface area contributed by atoms with E-state index in [0.29, 0.717) is 23.5 Å². The van der Waals surface area contributed by atoms with Crippen molar-refractivity contribution in [3.63, 3.8) is 0 Å². The molecule has 4 rings (SSSR count). The smallest absolute Gasteiger partial charge is 0.248 e. The molecule has 1 aliphatic rings. The van der Waals surface area contributed by atoms with Crippen LogP contribution in [0.25, 0.3) is 10.9 Å². The third-order valence-electron chi connectivity index (χ3n) is 5.20. The van der Waals surface area contributed by atoms with E-state index in [1.54, 1.807) is 54.5 Å². The molecule has 0 aliphatic carbocycles. The van der Waals surface area contributed by atoms with E-state index in [1.807, 2.05) is 13.0 Å². The summed E-state index contributed by atoms with van der Waals surface area (Å²) >= 11 is 0. The monoisotopic (exact) mass is 391 g/mol. The Morgan fingerprint density at radius 3 is 2.62 bits per heavy atom. The summed E-state index contributed by atoms with van der Waals surface area (Å²) < 4.78 is 5.14. The molecule has 29 heavy (non-hydrogen) atoms. The number of nitrogens with zero attached hydrogens (tertiary/aromatic N) is 1. The van der Waals surface area contributed by atoms with Crippen LogP contribution in [0.5, 0.6) is 5.75 Å². The van der Waals surface area contributed by atoms with Gasteiger partial charge in [-0.15, -0.1) is 0 Å². The maximum absolute atomic E-state index is 12.7. The first-order valence-corrected chi connectivity index (χ1v) is 9.33. The van der Waals surface area contributed by atoms with Gasteiger partial charge >= 0.3 is 0 Å². The van der Waals surface area contributed by atoms with Crippen LogP contribution in [-0.4, -0.2) is 30.5 Å². The minimum atomic E-state index is -0.447. The summed E-state index contributed by atoms with van der Waals surface area (Å²) in [4.78, 5) is 41.2. The van der Waals surface area contributed by atoms with Gasteiger partial charge in [-0.3, -0.25) is 14.4 Å². The molecule has 2 heterocycles. The quantitative estimate of drug-likeness (QED) is 0.715. The highest BCUT2D eigenvalue weighted by Crippen LogP contribution is 2.28. The lowest BCUT2D eigenvalue weighted by atomic mass is 10.1. The number of anilines is 2. The van der Waals surface area contributed by atoms with Crippen molar-refractivity contribution in [3.8, 4) is 5.75 Å². The van der Waals surface area contributed by atoms with Gasteiger partial charge in [-0.05, 0) is 48.9 Å². The van der Waals surface area contributed by atoms with Gasteiger partial charge in [-0.2, -0.15) is 0 Å². The number of H-pyrrole nitrogens is 1. The van der Waals surface area contributed by atoms with Crippen molar-refractivity contribution < 1.29 is 14.3 Å². The third-order valence-corrected chi connectivity index (χ3v) is 5.20. The molecule has 0 radical (unpaired) electrons. The Hall–Kier alpha value is -3.61. The van der Waals surface area contributed by atoms with Crippen LogP contribution >= 0.6 is 0 Å². The highest BCUT2D eigenvalue weighted by molar-refractivity contribution is 6.04. The lowest BCUT2D eigenvalue weighted by Crippen LogP contribution is -2.28. The van der Waals surface area contributed by atoms with Crippen molar-refractivity contribution in [2.24, 2.45) is 5.92 Å². The van der Waals surface area contributed by atoms with Crippen LogP contribution in [0.3, 0.4) is 0 Å². The average molecular weight is 391 g/mol. The summed E-state index contributed by atoms with van der Waals surface area (Å²) in [7, 11) is 1.58. The second kappa shape index (κ2) is 7.43. The molecule has 2 aromatic carbocycles. The van der Waals surface area contributed by atoms with Gasteiger partial charge < -0.3 is 19.9 Å². The number of aryl methyl sites for hydroxylation is 1. The lowest BCUT2D eigenvalue weighted by molar-refractivity contribution is -0.122. The number of benzene rings is 2. The minimum absolute atomic E-state index is 0.0891. The number of ether oxygens (including phenoxy) is 1. The Balaban J connectivity index is 1.49. The van der Waals surface area contributed by atoms with E-state index in [1.165, 1.54) is 0 Å². The van der Waals surface area contributed by atoms with Crippen molar-refractivity contribution in [2.45, 2.75) is 13.3 Å². The first kappa shape index (κ1) is 18.7. The molecule has 0 spiro atoms. The van der Waals surface area contributed by atoms with Gasteiger partial charge in [0.15, 0.2) is 0 Å². The minimum Gasteiger partial charge on any atom is -0.497 e. The highest BCUT2D eigenvalue weighted by atomic mass is 16.5. The molecule has 0 bridgehead atoms. The Morgan fingerprint density at radius 2 is 1.90 bits per heavy atom. The van der Waals surface area contributed by atoms with Gasteiger partial charge in [-0.1, -0.05) is 6.07 Å². The van der Waals surface area contributed by atoms with Crippen LogP contribution in [0.15, 0.2) is 53.3 Å². The predicted octanol–water partition coefficient (Wildman–Crippen LogP) is 2.84. The summed E-state index contributed by atoms with van der Waals surface area (Å²) in [6.07, 6.45) is 0.154. The summed E-state index contributed by atoms with van der Waals surface area (Å²) in [6.45, 7) is 2.19. The molecule has 1 aliphatic heterocycles. The number of aromatic nitrogens is 1. The van der Waals surface area contributed by atoms with Crippen molar-refractivity contribution in [1.29, 1.82) is 0 Å². The first-order chi connectivity index (χ1) is 13.9. The normalized spacial score (nSPS) is 16.3. The fraction of sp³-hybridized carbons (Fsp3) is 0.227. The predicted molar refractivity (Wildman–Crippen MR) is 111 cm³/mol. The molecule has 0 saturated carbocycles. The van der Waals surface area contributed by atoms with Gasteiger partial charge in [-0.25, -0.2) is 0 Å². The average Bonchev–Trinajstić information content (AvgIpc) is 3.09. The second-order valence-electron chi connectivity index (χ2n) is 7.17. The maximum atomic E-state index is 12.7. The number of pyridine rings is 1. The van der Waals surface area contributed by atoms with Crippen LogP contribution < -0.4 is 20.5 Å². The van der Waals surface area contributed by atoms with Gasteiger partial charge in [0.25, 0.3) is 0 Å². The Bertz CT molecular complexity index is 1150. The number of methoxy groups -OCH3 is 1. The van der Waals surface area contributed by atoms with Crippen molar-refractivity contribution in [1.82, 2.24) is 4.98 Å². The van der Waals surface area contributed by atoms with Crippen LogP contribution in [0.2, 0.25) is 0 Å². The van der Waals surface area contributed by atoms with Gasteiger partial charge in [0.2, 0.25) is 17.4 Å². The summed E-state index contributed by atoms with van der Waals surface area (Å²) in [5.41, 5.74) is 2.67. The zero-order valence-electron chi connectivity index (χ0n) is 16.2. The van der Waals surface area contributed by atoms with Crippen molar-refractivity contribution in [3.05, 3.63) is 64.4 Å². The molecule has 7 nitrogen and oxygen atoms in total. The fourth-order valence-corrected chi connectivity index (χ4v) is 3.65. The van der Waals surface area contributed by atoms with Gasteiger partial charge in [0.1, 0.15) is 5.75 Å². The van der Waals surface area contributed by atoms with E-state index < -0.39 is 5.92 Å². The zero-order valence-corrected chi connectivity index (χ0v) is 16.2. The molecule has 1 aromatic heterocycles. The molecule has 2 N–H and O–H groups in total. The van der Waals surface area contributed by atoms with Crippen molar-refractivity contribution in [2.75, 3.05) is 23.9 Å². The Labute approximate surface area is 167 Å². The number of aromatic amines is 1. The van der Waals surface area contributed by atoms with E-state index in [9.17, 15) is 14.4 Å². The molecule has 1 atom stereocenters. The van der Waals surface area contributed by atoms with Crippen LogP contribution in [0, 0.1) is 12.8 Å². The molecular weight excluding hydrogens is 370 g/mol. The molecule has 7 heteroatoms. The molecule has 148 valence electrons. The highest BCUT2D eigenvalue weighted by Gasteiger charge is 2.35. The van der Waals surface area contributed by atoms with Crippen LogP contribution in [-0.2, 0) is 9.59 Å². The van der Waals surface area contributed by atoms with E-state index in [4.69, 9.17) is 4.74 Å². The van der Waals surface area contributed by atoms with E-state index in [0.717, 1.165) is 16.6 Å². The topological polar surface area (TPSA) is 91.5 Å². The first-order valence-electron chi connectivity index (χ1n) is 9.33. The van der Waals surface area contributed by atoms with Gasteiger partial charge in [0, 0.05) is 35.8 Å². The molecule has 1 saturated heterocycles. The number of carbonyl (C=O) groups excluding carboxylic acids is 2. The number of rotatable bonds is 4. The Morgan fingerprint density at radius 1 is 1.14 bits per heavy atom. The molecule has 2 amide bonds. The van der Waals surface area contributed by atoms with Gasteiger partial charge in [0.05, 0.1) is 18.5 Å². The fourth-order valence-electron chi connectivity index (χ4n) is 3.65. The number of carbonyl (C=O) groups is 2. The number of fused-ring (bicyclic) bond motifs is 1. The number of hydrogen-bond donors (Lipinski definition) is 2. The zero-order chi connectivity index (χ0) is 20.5. The summed E-state index contributed by atoms with van der Waals surface area (Å²) in [6, 6.07) is 14.1. The molecule has 1 unspecified atom stereocenters. The summed E-state index contributed by atoms with van der Waals surface area (Å²) in [5, 5.41) is 3.79. The lowest BCUT2D eigenvalue weighted by Gasteiger charge is -2.17. The molecule has 3 aromatic rings. The van der Waals surface area contributed by atoms with E-state index in [-0.39, 0.29) is 23.8 Å². The number of amides is 2.